The van der Waals surface area contributed by atoms with E-state index < -0.39 is 12.1 Å². The second-order valence-corrected chi connectivity index (χ2v) is 7.05. The van der Waals surface area contributed by atoms with Crippen molar-refractivity contribution < 1.29 is 23.9 Å². The molecule has 1 atom stereocenters. The van der Waals surface area contributed by atoms with Crippen molar-refractivity contribution >= 4 is 39.3 Å². The lowest BCUT2D eigenvalue weighted by Crippen LogP contribution is -2.37. The summed E-state index contributed by atoms with van der Waals surface area (Å²) in [4.78, 5) is 38.3. The van der Waals surface area contributed by atoms with Gasteiger partial charge in [-0.05, 0) is 37.3 Å². The molecule has 0 radical (unpaired) electrons. The van der Waals surface area contributed by atoms with E-state index in [-0.39, 0.29) is 24.5 Å². The van der Waals surface area contributed by atoms with E-state index in [0.717, 1.165) is 4.47 Å². The Morgan fingerprint density at radius 1 is 1.07 bits per heavy atom. The van der Waals surface area contributed by atoms with Crippen LogP contribution >= 0.6 is 15.9 Å². The molecule has 2 rings (SSSR count). The number of carbonyl (C=O) groups is 3. The minimum atomic E-state index is -0.951. The van der Waals surface area contributed by atoms with Gasteiger partial charge in [0.1, 0.15) is 5.75 Å². The van der Waals surface area contributed by atoms with Crippen LogP contribution in [0.25, 0.3) is 0 Å². The largest absolute Gasteiger partial charge is 0.496 e. The summed E-state index contributed by atoms with van der Waals surface area (Å²) in [5.74, 6) is -0.755. The lowest BCUT2D eigenvalue weighted by Gasteiger charge is -2.21. The quantitative estimate of drug-likeness (QED) is 0.451. The number of anilines is 1. The third-order valence-corrected chi connectivity index (χ3v) is 4.64. The minimum Gasteiger partial charge on any atom is -0.496 e. The third-order valence-electron chi connectivity index (χ3n) is 4.15. The van der Waals surface area contributed by atoms with Crippen LogP contribution in [0.15, 0.2) is 53.0 Å². The molecule has 2 aromatic carbocycles. The van der Waals surface area contributed by atoms with Crippen molar-refractivity contribution in [1.29, 1.82) is 0 Å². The lowest BCUT2D eigenvalue weighted by molar-refractivity contribution is -0.153. The Bertz CT molecular complexity index is 853. The molecule has 0 aliphatic heterocycles. The zero-order valence-corrected chi connectivity index (χ0v) is 17.6. The molecule has 0 fully saturated rings. The van der Waals surface area contributed by atoms with Crippen LogP contribution in [0.2, 0.25) is 0 Å². The average molecular weight is 448 g/mol. The average Bonchev–Trinajstić information content (AvgIpc) is 2.71. The number of esters is 1. The summed E-state index contributed by atoms with van der Waals surface area (Å²) in [5.41, 5.74) is 1.09. The van der Waals surface area contributed by atoms with Crippen LogP contribution in [-0.4, -0.2) is 37.9 Å². The molecule has 0 aliphatic carbocycles. The van der Waals surface area contributed by atoms with Crippen LogP contribution in [0.1, 0.15) is 30.1 Å². The van der Waals surface area contributed by atoms with Crippen LogP contribution in [-0.2, 0) is 14.3 Å². The number of benzene rings is 2. The summed E-state index contributed by atoms with van der Waals surface area (Å²) >= 11 is 3.31. The van der Waals surface area contributed by atoms with E-state index in [9.17, 15) is 14.4 Å². The van der Waals surface area contributed by atoms with Crippen molar-refractivity contribution in [3.63, 3.8) is 0 Å². The van der Waals surface area contributed by atoms with E-state index >= 15 is 0 Å². The molecule has 1 amide bonds. The molecule has 0 N–H and O–H groups in total. The van der Waals surface area contributed by atoms with Gasteiger partial charge in [-0.1, -0.05) is 34.1 Å². The molecule has 1 unspecified atom stereocenters. The van der Waals surface area contributed by atoms with Gasteiger partial charge >= 0.3 is 5.97 Å². The molecule has 0 saturated carbocycles. The van der Waals surface area contributed by atoms with Gasteiger partial charge in [0.2, 0.25) is 0 Å². The number of likely N-dealkylation sites (N-methyl/N-ethyl adjacent to an activating group) is 1. The number of amides is 1. The van der Waals surface area contributed by atoms with E-state index in [2.05, 4.69) is 15.9 Å². The normalized spacial score (nSPS) is 11.4. The summed E-state index contributed by atoms with van der Waals surface area (Å²) < 4.78 is 11.1. The van der Waals surface area contributed by atoms with Crippen LogP contribution in [0.3, 0.4) is 0 Å². The van der Waals surface area contributed by atoms with E-state index in [4.69, 9.17) is 9.47 Å². The molecule has 0 saturated heterocycles. The van der Waals surface area contributed by atoms with Gasteiger partial charge in [0.25, 0.3) is 5.91 Å². The number of hydrogen-bond donors (Lipinski definition) is 0. The van der Waals surface area contributed by atoms with Gasteiger partial charge in [-0.15, -0.1) is 0 Å². The first-order chi connectivity index (χ1) is 13.3. The van der Waals surface area contributed by atoms with Crippen LogP contribution in [0.4, 0.5) is 5.69 Å². The van der Waals surface area contributed by atoms with Gasteiger partial charge < -0.3 is 14.4 Å². The molecule has 0 spiro atoms. The topological polar surface area (TPSA) is 72.9 Å². The van der Waals surface area contributed by atoms with Crippen LogP contribution < -0.4 is 9.64 Å². The lowest BCUT2D eigenvalue weighted by atomic mass is 10.1. The zero-order chi connectivity index (χ0) is 20.7. The summed E-state index contributed by atoms with van der Waals surface area (Å²) in [6, 6.07) is 14.1. The van der Waals surface area contributed by atoms with Crippen molar-refractivity contribution in [2.24, 2.45) is 0 Å². The maximum absolute atomic E-state index is 12.4. The summed E-state index contributed by atoms with van der Waals surface area (Å²) in [5, 5.41) is 0. The smallest absolute Gasteiger partial charge is 0.307 e. The Kier molecular flexibility index (Phi) is 7.75. The highest BCUT2D eigenvalue weighted by molar-refractivity contribution is 9.10. The molecular formula is C21H22BrNO5. The Balaban J connectivity index is 1.90. The van der Waals surface area contributed by atoms with Gasteiger partial charge in [0, 0.05) is 23.6 Å². The fraction of sp³-hybridized carbons (Fsp3) is 0.286. The van der Waals surface area contributed by atoms with Gasteiger partial charge in [-0.25, -0.2) is 0 Å². The third kappa shape index (κ3) is 5.66. The first-order valence-electron chi connectivity index (χ1n) is 8.72. The first kappa shape index (κ1) is 21.6. The number of ketones is 1. The SMILES string of the molecule is COc1ccc(Br)cc1C(=O)CCC(=O)OC(C)C(=O)N(C)c1ccccc1. The second kappa shape index (κ2) is 10.0. The first-order valence-corrected chi connectivity index (χ1v) is 9.51. The molecule has 28 heavy (non-hydrogen) atoms. The van der Waals surface area contributed by atoms with Crippen LogP contribution in [0, 0.1) is 0 Å². The fourth-order valence-electron chi connectivity index (χ4n) is 2.61. The second-order valence-electron chi connectivity index (χ2n) is 6.13. The highest BCUT2D eigenvalue weighted by Gasteiger charge is 2.23. The van der Waals surface area contributed by atoms with Crippen molar-refractivity contribution in [3.05, 3.63) is 58.6 Å². The maximum atomic E-state index is 12.4. The van der Waals surface area contributed by atoms with Crippen molar-refractivity contribution in [2.75, 3.05) is 19.1 Å². The molecule has 0 aromatic heterocycles. The summed E-state index contributed by atoms with van der Waals surface area (Å²) in [6.45, 7) is 1.51. The Labute approximate surface area is 172 Å². The summed E-state index contributed by atoms with van der Waals surface area (Å²) in [7, 11) is 3.09. The number of carbonyl (C=O) groups excluding carboxylic acids is 3. The van der Waals surface area contributed by atoms with Gasteiger partial charge in [-0.3, -0.25) is 14.4 Å². The van der Waals surface area contributed by atoms with Crippen molar-refractivity contribution in [3.8, 4) is 5.75 Å². The monoisotopic (exact) mass is 447 g/mol. The number of methoxy groups -OCH3 is 1. The van der Waals surface area contributed by atoms with E-state index in [1.54, 1.807) is 37.4 Å². The molecule has 6 nitrogen and oxygen atoms in total. The fourth-order valence-corrected chi connectivity index (χ4v) is 2.97. The Morgan fingerprint density at radius 3 is 2.39 bits per heavy atom. The summed E-state index contributed by atoms with van der Waals surface area (Å²) in [6.07, 6.45) is -1.12. The molecule has 0 bridgehead atoms. The van der Waals surface area contributed by atoms with Crippen LogP contribution in [0.5, 0.6) is 5.75 Å². The zero-order valence-electron chi connectivity index (χ0n) is 16.0. The number of ether oxygens (including phenoxy) is 2. The molecular weight excluding hydrogens is 426 g/mol. The highest BCUT2D eigenvalue weighted by atomic mass is 79.9. The maximum Gasteiger partial charge on any atom is 0.307 e. The van der Waals surface area contributed by atoms with Crippen molar-refractivity contribution in [2.45, 2.75) is 25.9 Å². The van der Waals surface area contributed by atoms with E-state index in [1.165, 1.54) is 18.9 Å². The number of halogens is 1. The predicted octanol–water partition coefficient (Wildman–Crippen LogP) is 4.02. The molecule has 0 aliphatic rings. The number of para-hydroxylation sites is 1. The van der Waals surface area contributed by atoms with Gasteiger partial charge in [-0.2, -0.15) is 0 Å². The van der Waals surface area contributed by atoms with Gasteiger partial charge in [0.05, 0.1) is 19.1 Å². The number of Topliss-reactive ketones (excluding diaryl/α,β-unsaturated/α-hetero) is 1. The standard InChI is InChI=1S/C21H22BrNO5/c1-14(21(26)23(2)16-7-5-4-6-8-16)28-20(25)12-10-18(24)17-13-15(22)9-11-19(17)27-3/h4-9,11,13-14H,10,12H2,1-3H3. The Morgan fingerprint density at radius 2 is 1.75 bits per heavy atom. The molecule has 2 aromatic rings. The Hall–Kier alpha value is -2.67. The van der Waals surface area contributed by atoms with Crippen molar-refractivity contribution in [1.82, 2.24) is 0 Å². The van der Waals surface area contributed by atoms with E-state index in [0.29, 0.717) is 17.0 Å². The van der Waals surface area contributed by atoms with Gasteiger partial charge in [0.15, 0.2) is 11.9 Å². The van der Waals surface area contributed by atoms with E-state index in [1.807, 2.05) is 18.2 Å². The number of nitrogens with zero attached hydrogens (tertiary/aromatic N) is 1. The predicted molar refractivity (Wildman–Crippen MR) is 110 cm³/mol. The molecule has 148 valence electrons. The molecule has 7 heteroatoms. The number of hydrogen-bond acceptors (Lipinski definition) is 5. The number of rotatable bonds is 8. The molecule has 0 heterocycles. The minimum absolute atomic E-state index is 0.0406. The highest BCUT2D eigenvalue weighted by Crippen LogP contribution is 2.24.